The molecule has 140 valence electrons. The van der Waals surface area contributed by atoms with Crippen molar-refractivity contribution < 1.29 is 24.2 Å². The Morgan fingerprint density at radius 1 is 0.808 bits per heavy atom. The second kappa shape index (κ2) is 10.8. The van der Waals surface area contributed by atoms with Gasteiger partial charge >= 0.3 is 5.97 Å². The summed E-state index contributed by atoms with van der Waals surface area (Å²) in [5.41, 5.74) is 0.977. The third kappa shape index (κ3) is 6.12. The van der Waals surface area contributed by atoms with Crippen molar-refractivity contribution in [2.45, 2.75) is 13.8 Å². The third-order valence-corrected chi connectivity index (χ3v) is 3.72. The molecule has 0 fully saturated rings. The number of carboxylic acid groups (broad SMARTS) is 1. The van der Waals surface area contributed by atoms with Crippen molar-refractivity contribution in [3.05, 3.63) is 59.7 Å². The number of amides is 1. The minimum absolute atomic E-state index is 0.0719. The Balaban J connectivity index is 0.000000273. The van der Waals surface area contributed by atoms with Gasteiger partial charge in [-0.1, -0.05) is 0 Å². The van der Waals surface area contributed by atoms with E-state index in [1.54, 1.807) is 48.4 Å². The second-order valence-electron chi connectivity index (χ2n) is 5.24. The number of carbonyl (C=O) groups excluding carboxylic acids is 1. The van der Waals surface area contributed by atoms with E-state index in [1.165, 1.54) is 19.2 Å². The molecule has 0 bridgehead atoms. The number of hydrogen-bond acceptors (Lipinski definition) is 4. The van der Waals surface area contributed by atoms with Crippen LogP contribution in [0.2, 0.25) is 0 Å². The third-order valence-electron chi connectivity index (χ3n) is 3.72. The molecule has 0 saturated heterocycles. The Hall–Kier alpha value is -3.02. The maximum Gasteiger partial charge on any atom is 0.335 e. The standard InChI is InChI=1S/C12H17NO2.C8H8O3/c1-4-13(5-2)12(14)10-6-8-11(15-3)9-7-10;1-11-7-4-2-6(3-5-7)8(9)10/h6-9H,4-5H2,1-3H3;2-5H,1H3,(H,9,10). The van der Waals surface area contributed by atoms with Crippen molar-refractivity contribution >= 4 is 11.9 Å². The van der Waals surface area contributed by atoms with Gasteiger partial charge in [-0.2, -0.15) is 0 Å². The monoisotopic (exact) mass is 359 g/mol. The normalized spacial score (nSPS) is 9.54. The fraction of sp³-hybridized carbons (Fsp3) is 0.300. The number of nitrogens with zero attached hydrogens (tertiary/aromatic N) is 1. The molecule has 2 aromatic carbocycles. The maximum absolute atomic E-state index is 11.9. The first-order valence-electron chi connectivity index (χ1n) is 8.27. The lowest BCUT2D eigenvalue weighted by atomic mass is 10.2. The number of carboxylic acids is 1. The second-order valence-corrected chi connectivity index (χ2v) is 5.24. The van der Waals surface area contributed by atoms with E-state index in [2.05, 4.69) is 0 Å². The molecule has 0 aliphatic heterocycles. The Labute approximate surface area is 154 Å². The Bertz CT molecular complexity index is 691. The number of rotatable bonds is 6. The SMILES string of the molecule is CCN(CC)C(=O)c1ccc(OC)cc1.COc1ccc(C(=O)O)cc1. The summed E-state index contributed by atoms with van der Waals surface area (Å²) in [4.78, 5) is 24.0. The molecule has 26 heavy (non-hydrogen) atoms. The molecule has 0 aliphatic carbocycles. The number of benzene rings is 2. The van der Waals surface area contributed by atoms with Gasteiger partial charge in [-0.15, -0.1) is 0 Å². The highest BCUT2D eigenvalue weighted by molar-refractivity contribution is 5.94. The largest absolute Gasteiger partial charge is 0.497 e. The van der Waals surface area contributed by atoms with Crippen LogP contribution in [-0.2, 0) is 0 Å². The number of carbonyl (C=O) groups is 2. The number of hydrogen-bond donors (Lipinski definition) is 1. The van der Waals surface area contributed by atoms with Gasteiger partial charge in [0.1, 0.15) is 11.5 Å². The maximum atomic E-state index is 11.9. The predicted octanol–water partition coefficient (Wildman–Crippen LogP) is 3.57. The van der Waals surface area contributed by atoms with Gasteiger partial charge in [0.15, 0.2) is 0 Å². The summed E-state index contributed by atoms with van der Waals surface area (Å²) in [7, 11) is 3.15. The minimum Gasteiger partial charge on any atom is -0.497 e. The van der Waals surface area contributed by atoms with Crippen molar-refractivity contribution in [1.82, 2.24) is 4.90 Å². The van der Waals surface area contributed by atoms with E-state index in [-0.39, 0.29) is 11.5 Å². The fourth-order valence-electron chi connectivity index (χ4n) is 2.16. The summed E-state index contributed by atoms with van der Waals surface area (Å²) in [5, 5.41) is 8.51. The fourth-order valence-corrected chi connectivity index (χ4v) is 2.16. The number of aromatic carboxylic acids is 1. The van der Waals surface area contributed by atoms with Gasteiger partial charge in [0.05, 0.1) is 19.8 Å². The molecule has 0 aromatic heterocycles. The predicted molar refractivity (Wildman–Crippen MR) is 100 cm³/mol. The van der Waals surface area contributed by atoms with Crippen LogP contribution in [0.3, 0.4) is 0 Å². The zero-order chi connectivity index (χ0) is 19.5. The highest BCUT2D eigenvalue weighted by atomic mass is 16.5. The summed E-state index contributed by atoms with van der Waals surface area (Å²) in [6.07, 6.45) is 0. The topological polar surface area (TPSA) is 76.1 Å². The van der Waals surface area contributed by atoms with Gasteiger partial charge in [-0.25, -0.2) is 4.79 Å². The van der Waals surface area contributed by atoms with Crippen LogP contribution in [0.25, 0.3) is 0 Å². The smallest absolute Gasteiger partial charge is 0.335 e. The van der Waals surface area contributed by atoms with E-state index in [1.807, 2.05) is 13.8 Å². The molecule has 0 spiro atoms. The molecule has 0 unspecified atom stereocenters. The highest BCUT2D eigenvalue weighted by Gasteiger charge is 2.11. The average Bonchev–Trinajstić information content (AvgIpc) is 2.69. The number of ether oxygens (including phenoxy) is 2. The van der Waals surface area contributed by atoms with Gasteiger partial charge in [0.2, 0.25) is 0 Å². The van der Waals surface area contributed by atoms with E-state index >= 15 is 0 Å². The van der Waals surface area contributed by atoms with E-state index in [0.29, 0.717) is 11.3 Å². The summed E-state index contributed by atoms with van der Waals surface area (Å²) in [6, 6.07) is 13.4. The first-order valence-corrected chi connectivity index (χ1v) is 8.27. The first-order chi connectivity index (χ1) is 12.5. The molecule has 2 rings (SSSR count). The molecular formula is C20H25NO5. The van der Waals surface area contributed by atoms with Crippen molar-refractivity contribution in [2.24, 2.45) is 0 Å². The van der Waals surface area contributed by atoms with Crippen LogP contribution in [0.5, 0.6) is 11.5 Å². The molecular weight excluding hydrogens is 334 g/mol. The molecule has 1 amide bonds. The summed E-state index contributed by atoms with van der Waals surface area (Å²) < 4.78 is 9.89. The van der Waals surface area contributed by atoms with Crippen LogP contribution in [0.1, 0.15) is 34.6 Å². The van der Waals surface area contributed by atoms with E-state index < -0.39 is 5.97 Å². The Kier molecular flexibility index (Phi) is 8.70. The van der Waals surface area contributed by atoms with Gasteiger partial charge < -0.3 is 19.5 Å². The molecule has 0 heterocycles. The minimum atomic E-state index is -0.923. The molecule has 0 aliphatic rings. The van der Waals surface area contributed by atoms with Gasteiger partial charge in [0.25, 0.3) is 5.91 Å². The van der Waals surface area contributed by atoms with Gasteiger partial charge in [-0.05, 0) is 62.4 Å². The zero-order valence-electron chi connectivity index (χ0n) is 15.6. The van der Waals surface area contributed by atoms with Crippen LogP contribution in [-0.4, -0.2) is 49.2 Å². The average molecular weight is 359 g/mol. The van der Waals surface area contributed by atoms with Gasteiger partial charge in [-0.3, -0.25) is 4.79 Å². The molecule has 0 atom stereocenters. The molecule has 0 saturated carbocycles. The van der Waals surface area contributed by atoms with Crippen molar-refractivity contribution in [3.63, 3.8) is 0 Å². The van der Waals surface area contributed by atoms with E-state index in [0.717, 1.165) is 18.8 Å². The van der Waals surface area contributed by atoms with Gasteiger partial charge in [0, 0.05) is 18.7 Å². The van der Waals surface area contributed by atoms with Crippen molar-refractivity contribution in [2.75, 3.05) is 27.3 Å². The lowest BCUT2D eigenvalue weighted by Crippen LogP contribution is -2.30. The highest BCUT2D eigenvalue weighted by Crippen LogP contribution is 2.13. The van der Waals surface area contributed by atoms with Crippen LogP contribution in [0.15, 0.2) is 48.5 Å². The molecule has 2 aromatic rings. The zero-order valence-corrected chi connectivity index (χ0v) is 15.6. The Morgan fingerprint density at radius 3 is 1.50 bits per heavy atom. The van der Waals surface area contributed by atoms with E-state index in [9.17, 15) is 9.59 Å². The van der Waals surface area contributed by atoms with Crippen molar-refractivity contribution in [1.29, 1.82) is 0 Å². The molecule has 6 nitrogen and oxygen atoms in total. The lowest BCUT2D eigenvalue weighted by molar-refractivity contribution is 0.0695. The van der Waals surface area contributed by atoms with Crippen LogP contribution < -0.4 is 9.47 Å². The van der Waals surface area contributed by atoms with Crippen molar-refractivity contribution in [3.8, 4) is 11.5 Å². The summed E-state index contributed by atoms with van der Waals surface area (Å²) in [6.45, 7) is 5.43. The van der Waals surface area contributed by atoms with Crippen LogP contribution >= 0.6 is 0 Å². The summed E-state index contributed by atoms with van der Waals surface area (Å²) in [5.74, 6) is 0.580. The van der Waals surface area contributed by atoms with Crippen LogP contribution in [0, 0.1) is 0 Å². The Morgan fingerprint density at radius 2 is 1.19 bits per heavy atom. The molecule has 0 radical (unpaired) electrons. The first kappa shape index (κ1) is 21.0. The molecule has 6 heteroatoms. The molecule has 1 N–H and O–H groups in total. The van der Waals surface area contributed by atoms with Crippen LogP contribution in [0.4, 0.5) is 0 Å². The quantitative estimate of drug-likeness (QED) is 0.853. The lowest BCUT2D eigenvalue weighted by Gasteiger charge is -2.18. The van der Waals surface area contributed by atoms with E-state index in [4.69, 9.17) is 14.6 Å². The summed E-state index contributed by atoms with van der Waals surface area (Å²) >= 11 is 0. The number of methoxy groups -OCH3 is 2.